The van der Waals surface area contributed by atoms with Crippen molar-refractivity contribution in [2.24, 2.45) is 0 Å². The maximum atomic E-state index is 6.22. The molecule has 0 radical (unpaired) electrons. The van der Waals surface area contributed by atoms with E-state index in [1.807, 2.05) is 25.1 Å². The number of rotatable bonds is 9. The van der Waals surface area contributed by atoms with E-state index in [1.165, 1.54) is 0 Å². The van der Waals surface area contributed by atoms with Crippen molar-refractivity contribution in [1.29, 1.82) is 0 Å². The first-order valence-electron chi connectivity index (χ1n) is 8.69. The molecule has 0 aliphatic carbocycles. The average molecular weight is 461 g/mol. The summed E-state index contributed by atoms with van der Waals surface area (Å²) in [7, 11) is 0. The van der Waals surface area contributed by atoms with Crippen LogP contribution in [0.4, 0.5) is 0 Å². The highest BCUT2D eigenvalue weighted by Gasteiger charge is 2.13. The molecular formula is C20H24BrCl2NO2. The number of hydrogen-bond donors (Lipinski definition) is 1. The number of halogens is 3. The zero-order valence-corrected chi connectivity index (χ0v) is 18.3. The van der Waals surface area contributed by atoms with Crippen LogP contribution in [-0.2, 0) is 13.2 Å². The predicted octanol–water partition coefficient (Wildman–Crippen LogP) is 6.62. The van der Waals surface area contributed by atoms with Gasteiger partial charge in [-0.3, -0.25) is 0 Å². The maximum absolute atomic E-state index is 6.22. The Bertz CT molecular complexity index is 740. The largest absolute Gasteiger partial charge is 0.490 e. The van der Waals surface area contributed by atoms with Gasteiger partial charge in [-0.1, -0.05) is 52.1 Å². The van der Waals surface area contributed by atoms with E-state index in [-0.39, 0.29) is 0 Å². The van der Waals surface area contributed by atoms with Crippen molar-refractivity contribution in [2.45, 2.75) is 46.4 Å². The van der Waals surface area contributed by atoms with Crippen LogP contribution >= 0.6 is 39.1 Å². The van der Waals surface area contributed by atoms with E-state index in [0.717, 1.165) is 34.3 Å². The lowest BCUT2D eigenvalue weighted by atomic mass is 10.1. The summed E-state index contributed by atoms with van der Waals surface area (Å²) in [4.78, 5) is 0. The highest BCUT2D eigenvalue weighted by atomic mass is 79.9. The van der Waals surface area contributed by atoms with Gasteiger partial charge in [0, 0.05) is 32.7 Å². The van der Waals surface area contributed by atoms with Crippen LogP contribution < -0.4 is 14.8 Å². The highest BCUT2D eigenvalue weighted by Crippen LogP contribution is 2.35. The summed E-state index contributed by atoms with van der Waals surface area (Å²) in [6, 6.07) is 9.80. The number of hydrogen-bond acceptors (Lipinski definition) is 3. The number of nitrogens with one attached hydrogen (secondary N) is 1. The van der Waals surface area contributed by atoms with Gasteiger partial charge in [-0.15, -0.1) is 0 Å². The van der Waals surface area contributed by atoms with Gasteiger partial charge in [0.05, 0.1) is 6.61 Å². The average Bonchev–Trinajstić information content (AvgIpc) is 2.61. The van der Waals surface area contributed by atoms with Crippen LogP contribution in [-0.4, -0.2) is 12.6 Å². The fraction of sp³-hybridized carbons (Fsp3) is 0.400. The van der Waals surface area contributed by atoms with E-state index in [1.54, 1.807) is 12.1 Å². The van der Waals surface area contributed by atoms with E-state index in [9.17, 15) is 0 Å². The van der Waals surface area contributed by atoms with E-state index in [0.29, 0.717) is 35.1 Å². The first-order chi connectivity index (χ1) is 12.4. The summed E-state index contributed by atoms with van der Waals surface area (Å²) in [6.07, 6.45) is 1.08. The lowest BCUT2D eigenvalue weighted by molar-refractivity contribution is 0.269. The molecule has 0 aromatic heterocycles. The standard InChI is InChI=1S/C20H24BrCl2NO2/c1-4-13(3)24-11-15-8-19(25-5-2)20(10-17(15)21)26-12-14-6-7-16(22)9-18(14)23/h6-10,13,24H,4-5,11-12H2,1-3H3. The van der Waals surface area contributed by atoms with Gasteiger partial charge in [0.25, 0.3) is 0 Å². The Labute approximate surface area is 174 Å². The molecule has 0 saturated heterocycles. The molecular weight excluding hydrogens is 437 g/mol. The third kappa shape index (κ3) is 6.05. The second kappa shape index (κ2) is 10.4. The number of benzene rings is 2. The molecule has 2 aromatic carbocycles. The second-order valence-corrected chi connectivity index (χ2v) is 7.74. The monoisotopic (exact) mass is 459 g/mol. The molecule has 6 heteroatoms. The van der Waals surface area contributed by atoms with Crippen molar-refractivity contribution in [3.05, 3.63) is 56.0 Å². The molecule has 142 valence electrons. The minimum atomic E-state index is 0.340. The highest BCUT2D eigenvalue weighted by molar-refractivity contribution is 9.10. The minimum absolute atomic E-state index is 0.340. The van der Waals surface area contributed by atoms with E-state index < -0.39 is 0 Å². The predicted molar refractivity (Wildman–Crippen MR) is 113 cm³/mol. The summed E-state index contributed by atoms with van der Waals surface area (Å²) in [5, 5.41) is 4.69. The van der Waals surface area contributed by atoms with Crippen molar-refractivity contribution in [3.63, 3.8) is 0 Å². The summed E-state index contributed by atoms with van der Waals surface area (Å²) in [5.41, 5.74) is 2.00. The van der Waals surface area contributed by atoms with Crippen LogP contribution in [0.5, 0.6) is 11.5 Å². The van der Waals surface area contributed by atoms with Crippen molar-refractivity contribution >= 4 is 39.1 Å². The third-order valence-corrected chi connectivity index (χ3v) is 5.39. The molecule has 0 spiro atoms. The molecule has 1 atom stereocenters. The van der Waals surface area contributed by atoms with Crippen molar-refractivity contribution < 1.29 is 9.47 Å². The summed E-state index contributed by atoms with van der Waals surface area (Å²) < 4.78 is 12.7. The molecule has 2 rings (SSSR count). The Kier molecular flexibility index (Phi) is 8.55. The summed E-state index contributed by atoms with van der Waals surface area (Å²) in [6.45, 7) is 7.96. The van der Waals surface area contributed by atoms with Crippen LogP contribution in [0.2, 0.25) is 10.0 Å². The lowest BCUT2D eigenvalue weighted by Crippen LogP contribution is -2.24. The Morgan fingerprint density at radius 1 is 1.04 bits per heavy atom. The van der Waals surface area contributed by atoms with Gasteiger partial charge in [0.1, 0.15) is 6.61 Å². The van der Waals surface area contributed by atoms with E-state index >= 15 is 0 Å². The van der Waals surface area contributed by atoms with Gasteiger partial charge in [-0.2, -0.15) is 0 Å². The molecule has 26 heavy (non-hydrogen) atoms. The van der Waals surface area contributed by atoms with Crippen LogP contribution in [0.15, 0.2) is 34.8 Å². The molecule has 0 aliphatic heterocycles. The zero-order valence-electron chi connectivity index (χ0n) is 15.2. The Balaban J connectivity index is 2.17. The molecule has 3 nitrogen and oxygen atoms in total. The SMILES string of the molecule is CCOc1cc(CNC(C)CC)c(Br)cc1OCc1ccc(Cl)cc1Cl. The van der Waals surface area contributed by atoms with Crippen LogP contribution in [0.3, 0.4) is 0 Å². The van der Waals surface area contributed by atoms with E-state index in [4.69, 9.17) is 32.7 Å². The molecule has 0 heterocycles. The number of ether oxygens (including phenoxy) is 2. The Hall–Kier alpha value is -0.940. The fourth-order valence-corrected chi connectivity index (χ4v) is 3.24. The molecule has 0 fully saturated rings. The van der Waals surface area contributed by atoms with E-state index in [2.05, 4.69) is 35.1 Å². The molecule has 2 aromatic rings. The molecule has 0 amide bonds. The molecule has 0 saturated carbocycles. The van der Waals surface area contributed by atoms with Crippen molar-refractivity contribution in [1.82, 2.24) is 5.32 Å². The van der Waals surface area contributed by atoms with Crippen molar-refractivity contribution in [3.8, 4) is 11.5 Å². The van der Waals surface area contributed by atoms with Crippen LogP contribution in [0, 0.1) is 0 Å². The van der Waals surface area contributed by atoms with Gasteiger partial charge in [0.2, 0.25) is 0 Å². The summed E-state index contributed by atoms with van der Waals surface area (Å²) >= 11 is 15.8. The first kappa shape index (κ1) is 21.4. The Morgan fingerprint density at radius 3 is 2.42 bits per heavy atom. The van der Waals surface area contributed by atoms with Crippen LogP contribution in [0.25, 0.3) is 0 Å². The lowest BCUT2D eigenvalue weighted by Gasteiger charge is -2.17. The Morgan fingerprint density at radius 2 is 1.77 bits per heavy atom. The smallest absolute Gasteiger partial charge is 0.162 e. The normalized spacial score (nSPS) is 12.1. The zero-order chi connectivity index (χ0) is 19.1. The van der Waals surface area contributed by atoms with Gasteiger partial charge in [-0.25, -0.2) is 0 Å². The minimum Gasteiger partial charge on any atom is -0.490 e. The fourth-order valence-electron chi connectivity index (χ4n) is 2.32. The van der Waals surface area contributed by atoms with Crippen molar-refractivity contribution in [2.75, 3.05) is 6.61 Å². The van der Waals surface area contributed by atoms with Gasteiger partial charge < -0.3 is 14.8 Å². The summed E-state index contributed by atoms with van der Waals surface area (Å²) in [5.74, 6) is 1.40. The molecule has 1 N–H and O–H groups in total. The quantitative estimate of drug-likeness (QED) is 0.455. The van der Waals surface area contributed by atoms with Gasteiger partial charge >= 0.3 is 0 Å². The third-order valence-electron chi connectivity index (χ3n) is 4.06. The topological polar surface area (TPSA) is 30.5 Å². The second-order valence-electron chi connectivity index (χ2n) is 6.04. The van der Waals surface area contributed by atoms with Crippen LogP contribution in [0.1, 0.15) is 38.3 Å². The maximum Gasteiger partial charge on any atom is 0.162 e. The van der Waals surface area contributed by atoms with Gasteiger partial charge in [0.15, 0.2) is 11.5 Å². The molecule has 0 aliphatic rings. The first-order valence-corrected chi connectivity index (χ1v) is 10.2. The molecule has 0 bridgehead atoms. The molecule has 1 unspecified atom stereocenters. The van der Waals surface area contributed by atoms with Gasteiger partial charge in [-0.05, 0) is 50.1 Å².